The van der Waals surface area contributed by atoms with Crippen molar-refractivity contribution in [1.29, 1.82) is 0 Å². The summed E-state index contributed by atoms with van der Waals surface area (Å²) in [5, 5.41) is 11.3. The molecule has 1 aliphatic carbocycles. The Morgan fingerprint density at radius 1 is 1.30 bits per heavy atom. The maximum absolute atomic E-state index is 12.2. The molecule has 1 aliphatic rings. The number of nitrogens with zero attached hydrogens (tertiary/aromatic N) is 2. The van der Waals surface area contributed by atoms with Crippen LogP contribution in [-0.4, -0.2) is 33.5 Å². The topological polar surface area (TPSA) is 92.2 Å². The van der Waals surface area contributed by atoms with Gasteiger partial charge in [0.1, 0.15) is 0 Å². The molecule has 1 fully saturated rings. The maximum atomic E-state index is 12.2. The molecule has 1 aromatic rings. The first-order valence-electron chi connectivity index (χ1n) is 5.65. The second kappa shape index (κ2) is 4.73. The van der Waals surface area contributed by atoms with Gasteiger partial charge in [0.2, 0.25) is 5.82 Å². The summed E-state index contributed by atoms with van der Waals surface area (Å²) in [4.78, 5) is 28.6. The molecule has 2 N–H and O–H groups in total. The molecule has 0 aliphatic heterocycles. The summed E-state index contributed by atoms with van der Waals surface area (Å²) in [7, 11) is 0. The number of aromatic nitrogens is 2. The third-order valence-corrected chi connectivity index (χ3v) is 3.06. The predicted molar refractivity (Wildman–Crippen MR) is 58.7 cm³/mol. The summed E-state index contributed by atoms with van der Waals surface area (Å²) < 4.78 is 36.7. The molecule has 1 saturated carbocycles. The van der Waals surface area contributed by atoms with Crippen molar-refractivity contribution in [2.24, 2.45) is 5.41 Å². The maximum Gasteiger partial charge on any atom is 0.451 e. The average Bonchev–Trinajstić information content (AvgIpc) is 3.16. The molecule has 0 aromatic carbocycles. The number of carbonyl (C=O) groups is 2. The van der Waals surface area contributed by atoms with E-state index in [1.807, 2.05) is 0 Å². The second-order valence-electron chi connectivity index (χ2n) is 4.56. The van der Waals surface area contributed by atoms with E-state index in [9.17, 15) is 22.8 Å². The first-order valence-corrected chi connectivity index (χ1v) is 5.65. The van der Waals surface area contributed by atoms with Gasteiger partial charge >= 0.3 is 12.1 Å². The van der Waals surface area contributed by atoms with Crippen LogP contribution in [0.15, 0.2) is 12.4 Å². The summed E-state index contributed by atoms with van der Waals surface area (Å²) in [5.74, 6) is -3.04. The van der Waals surface area contributed by atoms with Crippen molar-refractivity contribution in [3.05, 3.63) is 23.8 Å². The predicted octanol–water partition coefficient (Wildman–Crippen LogP) is 1.09. The zero-order valence-electron chi connectivity index (χ0n) is 10.1. The van der Waals surface area contributed by atoms with Crippen LogP contribution in [0.2, 0.25) is 0 Å². The van der Waals surface area contributed by atoms with Crippen LogP contribution < -0.4 is 5.32 Å². The summed E-state index contributed by atoms with van der Waals surface area (Å²) >= 11 is 0. The average molecular weight is 289 g/mol. The molecule has 0 saturated heterocycles. The highest BCUT2D eigenvalue weighted by molar-refractivity contribution is 5.94. The van der Waals surface area contributed by atoms with E-state index in [-0.39, 0.29) is 12.1 Å². The lowest BCUT2D eigenvalue weighted by molar-refractivity contribution is -0.145. The van der Waals surface area contributed by atoms with Gasteiger partial charge in [-0.2, -0.15) is 13.2 Å². The number of aliphatic carboxylic acids is 1. The van der Waals surface area contributed by atoms with Crippen LogP contribution in [0.1, 0.15) is 29.0 Å². The number of carbonyl (C=O) groups excluding carboxylic acids is 1. The van der Waals surface area contributed by atoms with Crippen LogP contribution in [0, 0.1) is 5.41 Å². The van der Waals surface area contributed by atoms with E-state index >= 15 is 0 Å². The largest absolute Gasteiger partial charge is 0.481 e. The molecule has 0 spiro atoms. The van der Waals surface area contributed by atoms with Crippen molar-refractivity contribution in [3.63, 3.8) is 0 Å². The van der Waals surface area contributed by atoms with Gasteiger partial charge < -0.3 is 10.4 Å². The van der Waals surface area contributed by atoms with Gasteiger partial charge in [0.25, 0.3) is 5.91 Å². The van der Waals surface area contributed by atoms with Gasteiger partial charge in [-0.05, 0) is 12.8 Å². The third-order valence-electron chi connectivity index (χ3n) is 3.06. The lowest BCUT2D eigenvalue weighted by atomic mass is 10.1. The minimum atomic E-state index is -4.67. The van der Waals surface area contributed by atoms with Gasteiger partial charge in [0.05, 0.1) is 11.0 Å². The van der Waals surface area contributed by atoms with Crippen LogP contribution in [0.25, 0.3) is 0 Å². The number of nitrogens with one attached hydrogen (secondary N) is 1. The molecule has 20 heavy (non-hydrogen) atoms. The Labute approximate surface area is 111 Å². The Morgan fingerprint density at radius 3 is 2.25 bits per heavy atom. The van der Waals surface area contributed by atoms with Crippen molar-refractivity contribution in [1.82, 2.24) is 15.3 Å². The van der Waals surface area contributed by atoms with Crippen molar-refractivity contribution < 1.29 is 27.9 Å². The monoisotopic (exact) mass is 289 g/mol. The van der Waals surface area contributed by atoms with Crippen LogP contribution in [-0.2, 0) is 11.0 Å². The van der Waals surface area contributed by atoms with Gasteiger partial charge in [-0.1, -0.05) is 0 Å². The number of carboxylic acids is 1. The molecule has 2 rings (SSSR count). The van der Waals surface area contributed by atoms with E-state index in [0.717, 1.165) is 12.4 Å². The van der Waals surface area contributed by atoms with Gasteiger partial charge in [0.15, 0.2) is 0 Å². The zero-order chi connectivity index (χ0) is 15.0. The van der Waals surface area contributed by atoms with Crippen molar-refractivity contribution in [2.45, 2.75) is 19.0 Å². The normalized spacial score (nSPS) is 16.6. The Bertz CT molecular complexity index is 538. The molecule has 1 aromatic heterocycles. The van der Waals surface area contributed by atoms with Crippen molar-refractivity contribution >= 4 is 11.9 Å². The van der Waals surface area contributed by atoms with E-state index in [4.69, 9.17) is 5.11 Å². The molecule has 0 unspecified atom stereocenters. The van der Waals surface area contributed by atoms with Gasteiger partial charge in [-0.25, -0.2) is 9.97 Å². The molecule has 6 nitrogen and oxygen atoms in total. The quantitative estimate of drug-likeness (QED) is 0.865. The molecular weight excluding hydrogens is 279 g/mol. The Kier molecular flexibility index (Phi) is 3.36. The molecule has 0 atom stereocenters. The number of halogens is 3. The summed E-state index contributed by atoms with van der Waals surface area (Å²) in [6.07, 6.45) is -2.23. The molecule has 1 amide bonds. The number of alkyl halides is 3. The molecular formula is C11H10F3N3O3. The third kappa shape index (κ3) is 2.86. The molecule has 108 valence electrons. The molecule has 0 bridgehead atoms. The standard InChI is InChI=1S/C11H10F3N3O3/c12-11(13,14)8-15-3-6(4-16-8)7(18)17-5-10(1-2-10)9(19)20/h3-4H,1-2,5H2,(H,17,18)(H,19,20). The van der Waals surface area contributed by atoms with Gasteiger partial charge in [-0.15, -0.1) is 0 Å². The summed E-state index contributed by atoms with van der Waals surface area (Å²) in [6.45, 7) is -0.0673. The van der Waals surface area contributed by atoms with E-state index in [1.54, 1.807) is 0 Å². The molecule has 1 heterocycles. The van der Waals surface area contributed by atoms with Crippen LogP contribution >= 0.6 is 0 Å². The summed E-state index contributed by atoms with van der Waals surface area (Å²) in [5.41, 5.74) is -1.10. The van der Waals surface area contributed by atoms with E-state index in [2.05, 4.69) is 15.3 Å². The first-order chi connectivity index (χ1) is 9.24. The Morgan fingerprint density at radius 2 is 1.85 bits per heavy atom. The number of carboxylic acid groups (broad SMARTS) is 1. The fraction of sp³-hybridized carbons (Fsp3) is 0.455. The van der Waals surface area contributed by atoms with Gasteiger partial charge in [0, 0.05) is 18.9 Å². The highest BCUT2D eigenvalue weighted by Crippen LogP contribution is 2.45. The lowest BCUT2D eigenvalue weighted by Gasteiger charge is -2.11. The van der Waals surface area contributed by atoms with Crippen LogP contribution in [0.4, 0.5) is 13.2 Å². The second-order valence-corrected chi connectivity index (χ2v) is 4.56. The highest BCUT2D eigenvalue weighted by Gasteiger charge is 2.50. The van der Waals surface area contributed by atoms with Crippen LogP contribution in [0.3, 0.4) is 0 Å². The smallest absolute Gasteiger partial charge is 0.451 e. The van der Waals surface area contributed by atoms with Crippen molar-refractivity contribution in [3.8, 4) is 0 Å². The number of hydrogen-bond acceptors (Lipinski definition) is 4. The minimum Gasteiger partial charge on any atom is -0.481 e. The fourth-order valence-corrected chi connectivity index (χ4v) is 1.56. The molecule has 9 heteroatoms. The molecule has 0 radical (unpaired) electrons. The zero-order valence-corrected chi connectivity index (χ0v) is 10.1. The minimum absolute atomic E-state index is 0.0673. The van der Waals surface area contributed by atoms with Gasteiger partial charge in [-0.3, -0.25) is 9.59 Å². The number of rotatable bonds is 4. The lowest BCUT2D eigenvalue weighted by Crippen LogP contribution is -2.34. The van der Waals surface area contributed by atoms with E-state index in [1.165, 1.54) is 0 Å². The van der Waals surface area contributed by atoms with E-state index < -0.39 is 29.3 Å². The first kappa shape index (κ1) is 14.2. The number of amides is 1. The Balaban J connectivity index is 1.98. The SMILES string of the molecule is O=C(NCC1(C(=O)O)CC1)c1cnc(C(F)(F)F)nc1. The number of hydrogen-bond donors (Lipinski definition) is 2. The fourth-order valence-electron chi connectivity index (χ4n) is 1.56. The summed E-state index contributed by atoms with van der Waals surface area (Å²) in [6, 6.07) is 0. The Hall–Kier alpha value is -2.19. The van der Waals surface area contributed by atoms with E-state index in [0.29, 0.717) is 12.8 Å². The van der Waals surface area contributed by atoms with Crippen LogP contribution in [0.5, 0.6) is 0 Å². The van der Waals surface area contributed by atoms with Crippen molar-refractivity contribution in [2.75, 3.05) is 6.54 Å². The highest BCUT2D eigenvalue weighted by atomic mass is 19.4.